The summed E-state index contributed by atoms with van der Waals surface area (Å²) in [7, 11) is 5.29. The number of methoxy groups -OCH3 is 2. The van der Waals surface area contributed by atoms with Gasteiger partial charge in [-0.15, -0.1) is 11.3 Å². The first kappa shape index (κ1) is 15.9. The molecular formula is C16H17N3O2S2. The topological polar surface area (TPSA) is 49.2 Å². The lowest BCUT2D eigenvalue weighted by molar-refractivity contribution is 0.395. The van der Waals surface area contributed by atoms with Gasteiger partial charge < -0.3 is 14.0 Å². The van der Waals surface area contributed by atoms with Crippen molar-refractivity contribution in [3.63, 3.8) is 0 Å². The molecule has 0 aliphatic heterocycles. The zero-order valence-corrected chi connectivity index (χ0v) is 14.8. The summed E-state index contributed by atoms with van der Waals surface area (Å²) in [5.74, 6) is 2.33. The van der Waals surface area contributed by atoms with Crippen LogP contribution in [0.2, 0.25) is 0 Å². The molecule has 7 heteroatoms. The lowest BCUT2D eigenvalue weighted by Gasteiger charge is -2.08. The number of aryl methyl sites for hydroxylation is 1. The van der Waals surface area contributed by atoms with Crippen molar-refractivity contribution in [1.29, 1.82) is 0 Å². The van der Waals surface area contributed by atoms with Crippen LogP contribution < -0.4 is 9.47 Å². The van der Waals surface area contributed by atoms with Gasteiger partial charge in [0.05, 0.1) is 25.5 Å². The molecule has 0 aliphatic rings. The van der Waals surface area contributed by atoms with Gasteiger partial charge in [-0.25, -0.2) is 9.97 Å². The van der Waals surface area contributed by atoms with E-state index < -0.39 is 0 Å². The minimum Gasteiger partial charge on any atom is -0.497 e. The van der Waals surface area contributed by atoms with Crippen molar-refractivity contribution >= 4 is 23.1 Å². The van der Waals surface area contributed by atoms with Crippen molar-refractivity contribution in [2.24, 2.45) is 7.05 Å². The predicted molar refractivity (Wildman–Crippen MR) is 93.4 cm³/mol. The fourth-order valence-corrected chi connectivity index (χ4v) is 3.88. The molecule has 1 aromatic carbocycles. The summed E-state index contributed by atoms with van der Waals surface area (Å²) < 4.78 is 12.7. The van der Waals surface area contributed by atoms with E-state index in [2.05, 4.69) is 10.4 Å². The van der Waals surface area contributed by atoms with E-state index in [1.165, 1.54) is 0 Å². The molecule has 0 saturated heterocycles. The number of rotatable bonds is 6. The second-order valence-electron chi connectivity index (χ2n) is 4.82. The molecule has 0 N–H and O–H groups in total. The van der Waals surface area contributed by atoms with E-state index in [9.17, 15) is 0 Å². The molecule has 0 radical (unpaired) electrons. The summed E-state index contributed by atoms with van der Waals surface area (Å²) in [6, 6.07) is 5.77. The number of aromatic nitrogens is 3. The molecule has 0 aliphatic carbocycles. The Kier molecular flexibility index (Phi) is 4.88. The van der Waals surface area contributed by atoms with Gasteiger partial charge in [-0.2, -0.15) is 0 Å². The maximum atomic E-state index is 5.45. The average Bonchev–Trinajstić information content (AvgIpc) is 3.21. The van der Waals surface area contributed by atoms with Gasteiger partial charge in [0.25, 0.3) is 0 Å². The van der Waals surface area contributed by atoms with Gasteiger partial charge in [-0.05, 0) is 12.1 Å². The molecule has 23 heavy (non-hydrogen) atoms. The van der Waals surface area contributed by atoms with Gasteiger partial charge in [0.1, 0.15) is 16.5 Å². The van der Waals surface area contributed by atoms with E-state index in [0.717, 1.165) is 38.7 Å². The summed E-state index contributed by atoms with van der Waals surface area (Å²) in [6.07, 6.45) is 3.74. The quantitative estimate of drug-likeness (QED) is 0.634. The average molecular weight is 347 g/mol. The minimum atomic E-state index is 0.766. The van der Waals surface area contributed by atoms with Crippen LogP contribution in [0.1, 0.15) is 5.69 Å². The van der Waals surface area contributed by atoms with Crippen LogP contribution in [0.4, 0.5) is 0 Å². The van der Waals surface area contributed by atoms with E-state index in [1.807, 2.05) is 36.0 Å². The smallest absolute Gasteiger partial charge is 0.168 e. The van der Waals surface area contributed by atoms with Crippen LogP contribution in [-0.2, 0) is 12.8 Å². The molecule has 0 fully saturated rings. The third-order valence-corrected chi connectivity index (χ3v) is 5.33. The molecular weight excluding hydrogens is 330 g/mol. The summed E-state index contributed by atoms with van der Waals surface area (Å²) in [6.45, 7) is 0. The first-order valence-corrected chi connectivity index (χ1v) is 8.84. The molecule has 2 heterocycles. The van der Waals surface area contributed by atoms with Crippen LogP contribution in [0, 0.1) is 0 Å². The van der Waals surface area contributed by atoms with Gasteiger partial charge in [0.15, 0.2) is 5.16 Å². The van der Waals surface area contributed by atoms with Gasteiger partial charge in [0.2, 0.25) is 0 Å². The lowest BCUT2D eigenvalue weighted by Crippen LogP contribution is -1.91. The molecule has 2 aromatic heterocycles. The Hall–Kier alpha value is -1.99. The number of benzene rings is 1. The van der Waals surface area contributed by atoms with Crippen molar-refractivity contribution in [1.82, 2.24) is 14.5 Å². The number of ether oxygens (including phenoxy) is 2. The number of hydrogen-bond donors (Lipinski definition) is 0. The van der Waals surface area contributed by atoms with E-state index >= 15 is 0 Å². The number of hydrogen-bond acceptors (Lipinski definition) is 6. The Morgan fingerprint density at radius 1 is 1.26 bits per heavy atom. The van der Waals surface area contributed by atoms with Crippen molar-refractivity contribution in [3.8, 4) is 22.1 Å². The van der Waals surface area contributed by atoms with Crippen LogP contribution in [0.15, 0.2) is 41.1 Å². The summed E-state index contributed by atoms with van der Waals surface area (Å²) in [4.78, 5) is 9.02. The van der Waals surface area contributed by atoms with Crippen molar-refractivity contribution in [3.05, 3.63) is 41.7 Å². The number of nitrogens with zero attached hydrogens (tertiary/aromatic N) is 3. The maximum absolute atomic E-state index is 5.45. The highest BCUT2D eigenvalue weighted by molar-refractivity contribution is 7.98. The van der Waals surface area contributed by atoms with Crippen LogP contribution >= 0.6 is 23.1 Å². The SMILES string of the molecule is COc1ccc(-c2nc(CSc3nccn3C)cs2)c(OC)c1. The Bertz CT molecular complexity index is 798. The van der Waals surface area contributed by atoms with Gasteiger partial charge >= 0.3 is 0 Å². The Labute approximate surface area is 143 Å². The van der Waals surface area contributed by atoms with Gasteiger partial charge in [-0.3, -0.25) is 0 Å². The first-order valence-electron chi connectivity index (χ1n) is 6.98. The van der Waals surface area contributed by atoms with Gasteiger partial charge in [0, 0.05) is 36.6 Å². The predicted octanol–water partition coefficient (Wildman–Crippen LogP) is 3.85. The fraction of sp³-hybridized carbons (Fsp3) is 0.250. The number of imidazole rings is 1. The zero-order valence-electron chi connectivity index (χ0n) is 13.1. The molecule has 0 atom stereocenters. The molecule has 3 aromatic rings. The largest absolute Gasteiger partial charge is 0.497 e. The van der Waals surface area contributed by atoms with Crippen molar-refractivity contribution in [2.75, 3.05) is 14.2 Å². The monoisotopic (exact) mass is 347 g/mol. The first-order chi connectivity index (χ1) is 11.2. The minimum absolute atomic E-state index is 0.766. The summed E-state index contributed by atoms with van der Waals surface area (Å²) in [5.41, 5.74) is 2.02. The molecule has 3 rings (SSSR count). The highest BCUT2D eigenvalue weighted by atomic mass is 32.2. The molecule has 5 nitrogen and oxygen atoms in total. The number of thioether (sulfide) groups is 1. The van der Waals surface area contributed by atoms with Crippen LogP contribution in [0.5, 0.6) is 11.5 Å². The van der Waals surface area contributed by atoms with Crippen LogP contribution in [0.25, 0.3) is 10.6 Å². The molecule has 0 amide bonds. The number of thiazole rings is 1. The van der Waals surface area contributed by atoms with E-state index in [4.69, 9.17) is 14.5 Å². The fourth-order valence-electron chi connectivity index (χ4n) is 2.10. The van der Waals surface area contributed by atoms with E-state index in [0.29, 0.717) is 0 Å². The molecule has 0 bridgehead atoms. The molecule has 0 spiro atoms. The highest BCUT2D eigenvalue weighted by Crippen LogP contribution is 2.35. The second-order valence-corrected chi connectivity index (χ2v) is 6.62. The maximum Gasteiger partial charge on any atom is 0.168 e. The Morgan fingerprint density at radius 3 is 2.83 bits per heavy atom. The molecule has 0 unspecified atom stereocenters. The van der Waals surface area contributed by atoms with Crippen LogP contribution in [-0.4, -0.2) is 28.8 Å². The zero-order chi connectivity index (χ0) is 16.2. The summed E-state index contributed by atoms with van der Waals surface area (Å²) >= 11 is 3.29. The Balaban J connectivity index is 1.78. The highest BCUT2D eigenvalue weighted by Gasteiger charge is 2.12. The van der Waals surface area contributed by atoms with Crippen LogP contribution in [0.3, 0.4) is 0 Å². The van der Waals surface area contributed by atoms with E-state index in [1.54, 1.807) is 43.5 Å². The van der Waals surface area contributed by atoms with Gasteiger partial charge in [-0.1, -0.05) is 11.8 Å². The molecule has 120 valence electrons. The Morgan fingerprint density at radius 2 is 2.13 bits per heavy atom. The van der Waals surface area contributed by atoms with E-state index in [-0.39, 0.29) is 0 Å². The second kappa shape index (κ2) is 7.06. The third-order valence-electron chi connectivity index (χ3n) is 3.32. The standard InChI is InChI=1S/C16H17N3O2S2/c1-19-7-6-17-16(19)23-10-11-9-22-15(18-11)13-5-4-12(20-2)8-14(13)21-3/h4-9H,10H2,1-3H3. The summed E-state index contributed by atoms with van der Waals surface area (Å²) in [5, 5.41) is 4.01. The normalized spacial score (nSPS) is 10.7. The molecule has 0 saturated carbocycles. The van der Waals surface area contributed by atoms with Crippen molar-refractivity contribution < 1.29 is 9.47 Å². The third kappa shape index (κ3) is 3.51. The van der Waals surface area contributed by atoms with Crippen molar-refractivity contribution in [2.45, 2.75) is 10.9 Å². The lowest BCUT2D eigenvalue weighted by atomic mass is 10.2.